The van der Waals surface area contributed by atoms with Crippen molar-refractivity contribution < 1.29 is 13.6 Å². The molecule has 0 bridgehead atoms. The molecule has 1 amide bonds. The van der Waals surface area contributed by atoms with Crippen molar-refractivity contribution in [3.63, 3.8) is 0 Å². The Bertz CT molecular complexity index is 911. The number of rotatable bonds is 6. The summed E-state index contributed by atoms with van der Waals surface area (Å²) in [6.07, 6.45) is 2.17. The number of furan rings is 1. The minimum absolute atomic E-state index is 0.0754. The van der Waals surface area contributed by atoms with E-state index >= 15 is 0 Å². The van der Waals surface area contributed by atoms with Crippen LogP contribution in [0.15, 0.2) is 51.9 Å². The molecular formula is C18H17FN2O3S. The second-order valence-corrected chi connectivity index (χ2v) is 6.71. The standard InChI is InChI=1S/C18H17FN2O3S/c1-12-17(13-4-6-14(19)7-5-13)21(18(23)25-12)11-16(22)20-9-8-15-3-2-10-24-15/h2-7,10H,8-9,11H2,1H3,(H,20,22). The first-order valence-corrected chi connectivity index (χ1v) is 8.61. The van der Waals surface area contributed by atoms with Gasteiger partial charge in [-0.05, 0) is 48.9 Å². The van der Waals surface area contributed by atoms with Gasteiger partial charge in [-0.3, -0.25) is 14.2 Å². The number of hydrogen-bond acceptors (Lipinski definition) is 4. The lowest BCUT2D eigenvalue weighted by Gasteiger charge is -2.09. The monoisotopic (exact) mass is 360 g/mol. The maximum absolute atomic E-state index is 13.1. The van der Waals surface area contributed by atoms with Crippen molar-refractivity contribution in [3.8, 4) is 11.3 Å². The summed E-state index contributed by atoms with van der Waals surface area (Å²) in [7, 11) is 0. The third-order valence-corrected chi connectivity index (χ3v) is 4.65. The topological polar surface area (TPSA) is 64.2 Å². The van der Waals surface area contributed by atoms with Gasteiger partial charge in [0.05, 0.1) is 12.0 Å². The van der Waals surface area contributed by atoms with E-state index in [4.69, 9.17) is 4.42 Å². The van der Waals surface area contributed by atoms with Gasteiger partial charge in [-0.15, -0.1) is 0 Å². The predicted molar refractivity (Wildman–Crippen MR) is 94.1 cm³/mol. The summed E-state index contributed by atoms with van der Waals surface area (Å²) < 4.78 is 19.8. The molecule has 5 nitrogen and oxygen atoms in total. The van der Waals surface area contributed by atoms with Crippen LogP contribution in [0.25, 0.3) is 11.3 Å². The maximum Gasteiger partial charge on any atom is 0.308 e. The quantitative estimate of drug-likeness (QED) is 0.735. The first-order valence-electron chi connectivity index (χ1n) is 7.80. The number of nitrogens with one attached hydrogen (secondary N) is 1. The van der Waals surface area contributed by atoms with E-state index in [0.717, 1.165) is 22.0 Å². The molecule has 0 unspecified atom stereocenters. The van der Waals surface area contributed by atoms with Crippen LogP contribution in [0.5, 0.6) is 0 Å². The van der Waals surface area contributed by atoms with E-state index in [1.165, 1.54) is 16.7 Å². The number of carbonyl (C=O) groups excluding carboxylic acids is 1. The minimum atomic E-state index is -0.346. The fourth-order valence-electron chi connectivity index (χ4n) is 2.61. The summed E-state index contributed by atoms with van der Waals surface area (Å²) in [6.45, 7) is 2.17. The highest BCUT2D eigenvalue weighted by atomic mass is 32.1. The number of nitrogens with zero attached hydrogens (tertiary/aromatic N) is 1. The van der Waals surface area contributed by atoms with Crippen molar-refractivity contribution in [3.05, 3.63) is 68.8 Å². The SMILES string of the molecule is Cc1sc(=O)n(CC(=O)NCCc2ccco2)c1-c1ccc(F)cc1. The van der Waals surface area contributed by atoms with Crippen molar-refractivity contribution in [2.45, 2.75) is 19.9 Å². The van der Waals surface area contributed by atoms with Crippen LogP contribution in [0, 0.1) is 12.7 Å². The Morgan fingerprint density at radius 1 is 1.28 bits per heavy atom. The first kappa shape index (κ1) is 17.2. The van der Waals surface area contributed by atoms with Crippen LogP contribution in [0.2, 0.25) is 0 Å². The molecule has 0 radical (unpaired) electrons. The summed E-state index contributed by atoms with van der Waals surface area (Å²) in [4.78, 5) is 25.0. The number of aryl methyl sites for hydroxylation is 1. The van der Waals surface area contributed by atoms with Crippen LogP contribution in [0.1, 0.15) is 10.6 Å². The molecule has 3 aromatic rings. The molecule has 0 aliphatic heterocycles. The molecule has 0 atom stereocenters. The van der Waals surface area contributed by atoms with Gasteiger partial charge in [0.2, 0.25) is 5.91 Å². The lowest BCUT2D eigenvalue weighted by atomic mass is 10.1. The molecule has 0 saturated carbocycles. The van der Waals surface area contributed by atoms with E-state index in [1.807, 2.05) is 13.0 Å². The van der Waals surface area contributed by atoms with Gasteiger partial charge in [-0.1, -0.05) is 11.3 Å². The Morgan fingerprint density at radius 2 is 2.04 bits per heavy atom. The Balaban J connectivity index is 1.72. The van der Waals surface area contributed by atoms with Crippen LogP contribution in [0.3, 0.4) is 0 Å². The fourth-order valence-corrected chi connectivity index (χ4v) is 3.46. The molecular weight excluding hydrogens is 343 g/mol. The zero-order valence-corrected chi connectivity index (χ0v) is 14.4. The molecule has 0 aliphatic rings. The zero-order valence-electron chi connectivity index (χ0n) is 13.6. The summed E-state index contributed by atoms with van der Waals surface area (Å²) in [5.74, 6) is 0.187. The molecule has 3 rings (SSSR count). The van der Waals surface area contributed by atoms with Gasteiger partial charge >= 0.3 is 4.87 Å². The van der Waals surface area contributed by atoms with Gasteiger partial charge in [0.15, 0.2) is 0 Å². The molecule has 130 valence electrons. The van der Waals surface area contributed by atoms with Crippen LogP contribution in [-0.4, -0.2) is 17.0 Å². The number of aromatic nitrogens is 1. The Labute approximate surface area is 147 Å². The molecule has 7 heteroatoms. The Morgan fingerprint density at radius 3 is 2.72 bits per heavy atom. The van der Waals surface area contributed by atoms with Gasteiger partial charge in [0.25, 0.3) is 0 Å². The third kappa shape index (κ3) is 4.06. The first-order chi connectivity index (χ1) is 12.0. The van der Waals surface area contributed by atoms with Crippen LogP contribution < -0.4 is 10.2 Å². The van der Waals surface area contributed by atoms with Crippen LogP contribution in [-0.2, 0) is 17.8 Å². The van der Waals surface area contributed by atoms with Gasteiger partial charge in [0, 0.05) is 17.8 Å². The summed E-state index contributed by atoms with van der Waals surface area (Å²) in [5.41, 5.74) is 1.36. The average Bonchev–Trinajstić information content (AvgIpc) is 3.17. The minimum Gasteiger partial charge on any atom is -0.469 e. The molecule has 0 aliphatic carbocycles. The van der Waals surface area contributed by atoms with Crippen molar-refractivity contribution in [1.82, 2.24) is 9.88 Å². The van der Waals surface area contributed by atoms with Gasteiger partial charge in [-0.25, -0.2) is 4.39 Å². The van der Waals surface area contributed by atoms with Crippen molar-refractivity contribution >= 4 is 17.2 Å². The second kappa shape index (κ2) is 7.48. The summed E-state index contributed by atoms with van der Waals surface area (Å²) in [6, 6.07) is 9.52. The molecule has 2 heterocycles. The largest absolute Gasteiger partial charge is 0.469 e. The second-order valence-electron chi connectivity index (χ2n) is 5.55. The van der Waals surface area contributed by atoms with Crippen molar-refractivity contribution in [1.29, 1.82) is 0 Å². The van der Waals surface area contributed by atoms with Gasteiger partial charge in [0.1, 0.15) is 18.1 Å². The van der Waals surface area contributed by atoms with Crippen molar-refractivity contribution in [2.75, 3.05) is 6.54 Å². The molecule has 0 fully saturated rings. The zero-order chi connectivity index (χ0) is 17.8. The van der Waals surface area contributed by atoms with E-state index < -0.39 is 0 Å². The fraction of sp³-hybridized carbons (Fsp3) is 0.222. The lowest BCUT2D eigenvalue weighted by Crippen LogP contribution is -2.32. The summed E-state index contributed by atoms with van der Waals surface area (Å²) >= 11 is 1.08. The highest BCUT2D eigenvalue weighted by Crippen LogP contribution is 2.25. The Hall–Kier alpha value is -2.67. The normalized spacial score (nSPS) is 10.8. The molecule has 1 N–H and O–H groups in total. The van der Waals surface area contributed by atoms with Crippen LogP contribution in [0.4, 0.5) is 4.39 Å². The molecule has 2 aromatic heterocycles. The Kier molecular flexibility index (Phi) is 5.14. The van der Waals surface area contributed by atoms with Gasteiger partial charge < -0.3 is 9.73 Å². The number of halogens is 1. The predicted octanol–water partition coefficient (Wildman–Crippen LogP) is 2.98. The summed E-state index contributed by atoms with van der Waals surface area (Å²) in [5, 5.41) is 2.78. The van der Waals surface area contributed by atoms with E-state index in [1.54, 1.807) is 24.5 Å². The smallest absolute Gasteiger partial charge is 0.308 e. The van der Waals surface area contributed by atoms with E-state index in [2.05, 4.69) is 5.32 Å². The third-order valence-electron chi connectivity index (χ3n) is 3.76. The molecule has 0 saturated heterocycles. The van der Waals surface area contributed by atoms with Crippen LogP contribution >= 0.6 is 11.3 Å². The van der Waals surface area contributed by atoms with E-state index in [0.29, 0.717) is 24.2 Å². The molecule has 1 aromatic carbocycles. The lowest BCUT2D eigenvalue weighted by molar-refractivity contribution is -0.121. The number of thiazole rings is 1. The number of carbonyl (C=O) groups is 1. The van der Waals surface area contributed by atoms with Crippen molar-refractivity contribution in [2.24, 2.45) is 0 Å². The molecule has 25 heavy (non-hydrogen) atoms. The average molecular weight is 360 g/mol. The van der Waals surface area contributed by atoms with E-state index in [-0.39, 0.29) is 23.1 Å². The highest BCUT2D eigenvalue weighted by molar-refractivity contribution is 7.09. The van der Waals surface area contributed by atoms with E-state index in [9.17, 15) is 14.0 Å². The molecule has 0 spiro atoms. The highest BCUT2D eigenvalue weighted by Gasteiger charge is 2.16. The number of hydrogen-bond donors (Lipinski definition) is 1. The van der Waals surface area contributed by atoms with Gasteiger partial charge in [-0.2, -0.15) is 0 Å². The number of amides is 1. The maximum atomic E-state index is 13.1. The number of benzene rings is 1.